The first kappa shape index (κ1) is 10.8. The molecule has 2 heterocycles. The second-order valence-corrected chi connectivity index (χ2v) is 4.12. The molecule has 6 heteroatoms. The molecule has 0 spiro atoms. The molecular formula is C12H12N4O2. The van der Waals surface area contributed by atoms with Crippen LogP contribution in [0.5, 0.6) is 5.75 Å². The molecule has 92 valence electrons. The summed E-state index contributed by atoms with van der Waals surface area (Å²) in [4.78, 5) is 11.6. The van der Waals surface area contributed by atoms with Crippen LogP contribution in [-0.2, 0) is 6.42 Å². The van der Waals surface area contributed by atoms with Gasteiger partial charge in [0.05, 0.1) is 12.7 Å². The van der Waals surface area contributed by atoms with Gasteiger partial charge in [0.25, 0.3) is 5.91 Å². The van der Waals surface area contributed by atoms with Crippen molar-refractivity contribution in [2.45, 2.75) is 12.5 Å². The summed E-state index contributed by atoms with van der Waals surface area (Å²) in [5.74, 6) is 0.654. The second-order valence-electron chi connectivity index (χ2n) is 4.12. The van der Waals surface area contributed by atoms with Crippen molar-refractivity contribution in [3.05, 3.63) is 41.7 Å². The van der Waals surface area contributed by atoms with E-state index in [0.717, 1.165) is 12.2 Å². The van der Waals surface area contributed by atoms with Gasteiger partial charge in [0.2, 0.25) is 0 Å². The molecule has 0 saturated heterocycles. The molecule has 1 atom stereocenters. The zero-order valence-electron chi connectivity index (χ0n) is 9.59. The van der Waals surface area contributed by atoms with Crippen LogP contribution in [-0.4, -0.2) is 34.0 Å². The molecule has 1 aromatic carbocycles. The molecular weight excluding hydrogens is 232 g/mol. The van der Waals surface area contributed by atoms with Gasteiger partial charge in [0.15, 0.2) is 5.69 Å². The molecule has 0 radical (unpaired) electrons. The summed E-state index contributed by atoms with van der Waals surface area (Å²) in [6.07, 6.45) is 2.19. The lowest BCUT2D eigenvalue weighted by Gasteiger charge is -2.10. The second kappa shape index (κ2) is 4.48. The molecule has 0 saturated carbocycles. The molecule has 18 heavy (non-hydrogen) atoms. The Bertz CT molecular complexity index is 528. The molecule has 1 aromatic heterocycles. The first-order chi connectivity index (χ1) is 8.83. The fourth-order valence-electron chi connectivity index (χ4n) is 1.98. The SMILES string of the molecule is O=C(NCC1Cc2ccccc2O1)c1cn[nH]n1. The molecule has 6 nitrogen and oxygen atoms in total. The highest BCUT2D eigenvalue weighted by molar-refractivity contribution is 5.91. The van der Waals surface area contributed by atoms with Crippen molar-refractivity contribution >= 4 is 5.91 Å². The minimum Gasteiger partial charge on any atom is -0.488 e. The van der Waals surface area contributed by atoms with Crippen molar-refractivity contribution in [2.75, 3.05) is 6.54 Å². The lowest BCUT2D eigenvalue weighted by Crippen LogP contribution is -2.34. The van der Waals surface area contributed by atoms with E-state index in [9.17, 15) is 4.79 Å². The third kappa shape index (κ3) is 2.04. The Labute approximate surface area is 103 Å². The van der Waals surface area contributed by atoms with Gasteiger partial charge in [0, 0.05) is 6.42 Å². The molecule has 0 fully saturated rings. The van der Waals surface area contributed by atoms with Gasteiger partial charge in [-0.1, -0.05) is 18.2 Å². The number of aromatic amines is 1. The molecule has 1 aliphatic heterocycles. The largest absolute Gasteiger partial charge is 0.488 e. The Hall–Kier alpha value is -2.37. The molecule has 2 N–H and O–H groups in total. The van der Waals surface area contributed by atoms with E-state index in [0.29, 0.717) is 6.54 Å². The summed E-state index contributed by atoms with van der Waals surface area (Å²) in [5, 5.41) is 12.5. The van der Waals surface area contributed by atoms with Crippen LogP contribution in [0, 0.1) is 0 Å². The number of hydrogen-bond acceptors (Lipinski definition) is 4. The van der Waals surface area contributed by atoms with E-state index in [4.69, 9.17) is 4.74 Å². The monoisotopic (exact) mass is 244 g/mol. The van der Waals surface area contributed by atoms with Crippen molar-refractivity contribution in [3.8, 4) is 5.75 Å². The molecule has 3 rings (SSSR count). The highest BCUT2D eigenvalue weighted by atomic mass is 16.5. The van der Waals surface area contributed by atoms with Gasteiger partial charge in [-0.2, -0.15) is 15.4 Å². The number of H-pyrrole nitrogens is 1. The summed E-state index contributed by atoms with van der Waals surface area (Å²) in [6.45, 7) is 0.459. The van der Waals surface area contributed by atoms with Crippen molar-refractivity contribution in [1.29, 1.82) is 0 Å². The molecule has 0 bridgehead atoms. The number of nitrogens with one attached hydrogen (secondary N) is 2. The van der Waals surface area contributed by atoms with Crippen LogP contribution in [0.1, 0.15) is 16.1 Å². The van der Waals surface area contributed by atoms with Crippen molar-refractivity contribution in [2.24, 2.45) is 0 Å². The summed E-state index contributed by atoms with van der Waals surface area (Å²) >= 11 is 0. The van der Waals surface area contributed by atoms with Crippen LogP contribution in [0.2, 0.25) is 0 Å². The number of benzene rings is 1. The maximum Gasteiger partial charge on any atom is 0.273 e. The fourth-order valence-corrected chi connectivity index (χ4v) is 1.98. The van der Waals surface area contributed by atoms with E-state index in [1.807, 2.05) is 24.3 Å². The Morgan fingerprint density at radius 1 is 1.50 bits per heavy atom. The highest BCUT2D eigenvalue weighted by Gasteiger charge is 2.23. The van der Waals surface area contributed by atoms with Gasteiger partial charge in [-0.3, -0.25) is 4.79 Å². The smallest absolute Gasteiger partial charge is 0.273 e. The first-order valence-electron chi connectivity index (χ1n) is 5.71. The van der Waals surface area contributed by atoms with Crippen molar-refractivity contribution in [3.63, 3.8) is 0 Å². The van der Waals surface area contributed by atoms with Gasteiger partial charge in [-0.25, -0.2) is 0 Å². The van der Waals surface area contributed by atoms with Crippen LogP contribution >= 0.6 is 0 Å². The summed E-state index contributed by atoms with van der Waals surface area (Å²) < 4.78 is 5.72. The van der Waals surface area contributed by atoms with Crippen LogP contribution in [0.3, 0.4) is 0 Å². The maximum atomic E-state index is 11.6. The minimum absolute atomic E-state index is 0.0155. The first-order valence-corrected chi connectivity index (χ1v) is 5.71. The Balaban J connectivity index is 1.56. The number of fused-ring (bicyclic) bond motifs is 1. The van der Waals surface area contributed by atoms with Gasteiger partial charge in [-0.05, 0) is 11.6 Å². The maximum absolute atomic E-state index is 11.6. The number of amides is 1. The molecule has 1 aliphatic rings. The summed E-state index contributed by atoms with van der Waals surface area (Å²) in [5.41, 5.74) is 1.46. The van der Waals surface area contributed by atoms with Crippen molar-refractivity contribution in [1.82, 2.24) is 20.7 Å². The average Bonchev–Trinajstić information content (AvgIpc) is 3.04. The van der Waals surface area contributed by atoms with E-state index in [1.165, 1.54) is 11.8 Å². The summed E-state index contributed by atoms with van der Waals surface area (Å²) in [7, 11) is 0. The lowest BCUT2D eigenvalue weighted by molar-refractivity contribution is 0.0928. The summed E-state index contributed by atoms with van der Waals surface area (Å²) in [6, 6.07) is 7.90. The molecule has 0 aliphatic carbocycles. The van der Waals surface area contributed by atoms with E-state index in [1.54, 1.807) is 0 Å². The number of para-hydroxylation sites is 1. The Morgan fingerprint density at radius 3 is 3.17 bits per heavy atom. The number of rotatable bonds is 3. The van der Waals surface area contributed by atoms with Crippen molar-refractivity contribution < 1.29 is 9.53 Å². The predicted octanol–water partition coefficient (Wildman–Crippen LogP) is 0.538. The number of carbonyl (C=O) groups excluding carboxylic acids is 1. The quantitative estimate of drug-likeness (QED) is 0.825. The zero-order valence-corrected chi connectivity index (χ0v) is 9.59. The molecule has 2 aromatic rings. The van der Waals surface area contributed by atoms with Crippen LogP contribution in [0.4, 0.5) is 0 Å². The fraction of sp³-hybridized carbons (Fsp3) is 0.250. The van der Waals surface area contributed by atoms with Gasteiger partial charge in [-0.15, -0.1) is 0 Å². The standard InChI is InChI=1S/C12H12N4O2/c17-12(10-7-14-16-15-10)13-6-9-5-8-3-1-2-4-11(8)18-9/h1-4,7,9H,5-6H2,(H,13,17)(H,14,15,16). The third-order valence-electron chi connectivity index (χ3n) is 2.85. The Morgan fingerprint density at radius 2 is 2.39 bits per heavy atom. The average molecular weight is 244 g/mol. The van der Waals surface area contributed by atoms with Crippen LogP contribution in [0.15, 0.2) is 30.5 Å². The van der Waals surface area contributed by atoms with Crippen LogP contribution < -0.4 is 10.1 Å². The number of aromatic nitrogens is 3. The normalized spacial score (nSPS) is 17.0. The molecule has 1 amide bonds. The van der Waals surface area contributed by atoms with Crippen LogP contribution in [0.25, 0.3) is 0 Å². The van der Waals surface area contributed by atoms with E-state index < -0.39 is 0 Å². The minimum atomic E-state index is -0.247. The molecule has 1 unspecified atom stereocenters. The Kier molecular flexibility index (Phi) is 2.68. The highest BCUT2D eigenvalue weighted by Crippen LogP contribution is 2.27. The number of nitrogens with zero attached hydrogens (tertiary/aromatic N) is 2. The van der Waals surface area contributed by atoms with Gasteiger partial charge >= 0.3 is 0 Å². The number of ether oxygens (including phenoxy) is 1. The number of hydrogen-bond donors (Lipinski definition) is 2. The van der Waals surface area contributed by atoms with E-state index >= 15 is 0 Å². The van der Waals surface area contributed by atoms with Gasteiger partial charge < -0.3 is 10.1 Å². The number of carbonyl (C=O) groups is 1. The lowest BCUT2D eigenvalue weighted by atomic mass is 10.1. The predicted molar refractivity (Wildman–Crippen MR) is 63.3 cm³/mol. The third-order valence-corrected chi connectivity index (χ3v) is 2.85. The van der Waals surface area contributed by atoms with E-state index in [-0.39, 0.29) is 17.7 Å². The zero-order chi connectivity index (χ0) is 12.4. The van der Waals surface area contributed by atoms with Gasteiger partial charge in [0.1, 0.15) is 11.9 Å². The van der Waals surface area contributed by atoms with E-state index in [2.05, 4.69) is 20.7 Å². The topological polar surface area (TPSA) is 79.9 Å².